The predicted octanol–water partition coefficient (Wildman–Crippen LogP) is 14.3. The lowest BCUT2D eigenvalue weighted by atomic mass is 9.35. The van der Waals surface area contributed by atoms with Crippen molar-refractivity contribution in [3.63, 3.8) is 0 Å². The molecule has 0 fully saturated rings. The fraction of sp³-hybridized carbons (Fsp3) is 0.368. The van der Waals surface area contributed by atoms with E-state index in [1.807, 2.05) is 11.3 Å². The van der Waals surface area contributed by atoms with Gasteiger partial charge in [-0.05, 0) is 134 Å². The first-order valence-corrected chi connectivity index (χ1v) is 23.7. The number of rotatable bonds is 2. The first kappa shape index (κ1) is 39.1. The molecule has 1 unspecified atom stereocenters. The molecule has 308 valence electrons. The zero-order valence-electron chi connectivity index (χ0n) is 38.5. The van der Waals surface area contributed by atoms with Gasteiger partial charge in [-0.2, -0.15) is 0 Å². The maximum absolute atomic E-state index is 2.76. The number of benzene rings is 5. The van der Waals surface area contributed by atoms with Crippen molar-refractivity contribution in [2.75, 3.05) is 9.80 Å². The number of hydrogen-bond donors (Lipinski definition) is 0. The van der Waals surface area contributed by atoms with Crippen molar-refractivity contribution in [1.82, 2.24) is 0 Å². The predicted molar refractivity (Wildman–Crippen MR) is 267 cm³/mol. The number of fused-ring (bicyclic) bond motifs is 9. The second kappa shape index (κ2) is 12.7. The summed E-state index contributed by atoms with van der Waals surface area (Å²) in [5.74, 6) is 0. The molecule has 0 amide bonds. The summed E-state index contributed by atoms with van der Waals surface area (Å²) in [4.78, 5) is 5.48. The Balaban J connectivity index is 1.30. The van der Waals surface area contributed by atoms with E-state index in [2.05, 4.69) is 196 Å². The van der Waals surface area contributed by atoms with Crippen molar-refractivity contribution in [3.8, 4) is 0 Å². The molecule has 11 rings (SSSR count). The zero-order valence-corrected chi connectivity index (χ0v) is 39.3. The van der Waals surface area contributed by atoms with Gasteiger partial charge in [-0.15, -0.1) is 11.3 Å². The first-order valence-electron chi connectivity index (χ1n) is 22.9. The highest BCUT2D eigenvalue weighted by Crippen LogP contribution is 2.61. The van der Waals surface area contributed by atoms with Crippen LogP contribution in [-0.2, 0) is 27.1 Å². The van der Waals surface area contributed by atoms with Crippen molar-refractivity contribution in [3.05, 3.63) is 142 Å². The van der Waals surface area contributed by atoms with Crippen molar-refractivity contribution in [2.24, 2.45) is 0 Å². The Morgan fingerprint density at radius 2 is 1.26 bits per heavy atom. The summed E-state index contributed by atoms with van der Waals surface area (Å²) in [6.45, 7) is 29.0. The van der Waals surface area contributed by atoms with Gasteiger partial charge in [0.2, 0.25) is 0 Å². The summed E-state index contributed by atoms with van der Waals surface area (Å²) in [5.41, 5.74) is 22.3. The minimum atomic E-state index is -0.0973. The summed E-state index contributed by atoms with van der Waals surface area (Å²) in [6.07, 6.45) is 11.7. The van der Waals surface area contributed by atoms with Gasteiger partial charge in [0.25, 0.3) is 6.71 Å². The fourth-order valence-electron chi connectivity index (χ4n) is 11.5. The highest BCUT2D eigenvalue weighted by atomic mass is 32.1. The minimum absolute atomic E-state index is 0.0190. The average molecular weight is 817 g/mol. The van der Waals surface area contributed by atoms with Crippen LogP contribution in [0.2, 0.25) is 0 Å². The molecule has 0 saturated heterocycles. The van der Waals surface area contributed by atoms with Crippen LogP contribution in [0.3, 0.4) is 0 Å². The Kier molecular flexibility index (Phi) is 8.11. The van der Waals surface area contributed by atoms with Gasteiger partial charge in [-0.25, -0.2) is 0 Å². The normalized spacial score (nSPS) is 19.7. The average Bonchev–Trinajstić information content (AvgIpc) is 3.60. The van der Waals surface area contributed by atoms with Gasteiger partial charge in [0.05, 0.1) is 17.1 Å². The molecule has 0 saturated carbocycles. The second-order valence-electron chi connectivity index (χ2n) is 22.8. The van der Waals surface area contributed by atoms with Gasteiger partial charge >= 0.3 is 0 Å². The van der Waals surface area contributed by atoms with Crippen LogP contribution < -0.4 is 25.5 Å². The standard InChI is InChI=1S/C57H61BN2S/c1-53(2,3)35-22-26-43(39(30-35)34-18-14-13-15-19-34)59-45-32-37(55(7,8)9)33-46-49(45)58(52-50(59)38-20-16-17-21-47(38)61-52)42-25-24-40-48-51(42)60(46)44-27-23-36(54(4,5)6)31-41(44)57(48,12)29-28-56(40,10)11/h14,16-27,30-33H,13,15,28-29H2,1-12H3. The molecule has 1 atom stereocenters. The Morgan fingerprint density at radius 3 is 1.93 bits per heavy atom. The zero-order chi connectivity index (χ0) is 42.8. The molecule has 0 N–H and O–H groups in total. The molecule has 5 aliphatic rings. The van der Waals surface area contributed by atoms with Crippen LogP contribution >= 0.6 is 11.3 Å². The number of hydrogen-bond acceptors (Lipinski definition) is 3. The van der Waals surface area contributed by atoms with Crippen LogP contribution in [0.25, 0.3) is 15.7 Å². The van der Waals surface area contributed by atoms with Crippen molar-refractivity contribution in [2.45, 2.75) is 136 Å². The summed E-state index contributed by atoms with van der Waals surface area (Å²) in [5, 5.41) is 1.34. The van der Waals surface area contributed by atoms with E-state index in [0.717, 1.165) is 19.3 Å². The molecule has 0 bridgehead atoms. The molecule has 1 aromatic heterocycles. The van der Waals surface area contributed by atoms with Gasteiger partial charge in [0, 0.05) is 42.9 Å². The molecule has 6 aromatic rings. The van der Waals surface area contributed by atoms with Gasteiger partial charge in [0.15, 0.2) is 0 Å². The van der Waals surface area contributed by atoms with Gasteiger partial charge in [-0.1, -0.05) is 150 Å². The van der Waals surface area contributed by atoms with Gasteiger partial charge in [0.1, 0.15) is 0 Å². The topological polar surface area (TPSA) is 6.48 Å². The maximum Gasteiger partial charge on any atom is 0.264 e. The first-order chi connectivity index (χ1) is 28.8. The van der Waals surface area contributed by atoms with E-state index in [9.17, 15) is 0 Å². The Bertz CT molecular complexity index is 2930. The number of nitrogens with zero attached hydrogens (tertiary/aromatic N) is 2. The largest absolute Gasteiger partial charge is 0.311 e. The van der Waals surface area contributed by atoms with Gasteiger partial charge < -0.3 is 9.80 Å². The van der Waals surface area contributed by atoms with E-state index in [-0.39, 0.29) is 33.8 Å². The van der Waals surface area contributed by atoms with Crippen LogP contribution in [0.15, 0.2) is 103 Å². The van der Waals surface area contributed by atoms with Crippen molar-refractivity contribution < 1.29 is 0 Å². The van der Waals surface area contributed by atoms with Crippen LogP contribution in [0.5, 0.6) is 0 Å². The third-order valence-electron chi connectivity index (χ3n) is 15.2. The molecule has 3 aliphatic heterocycles. The SMILES string of the molecule is CC(C)(C)c1ccc(N2c3cc(C(C)(C)C)cc4c3B(c3ccc5c6c3N4c3ccc(C(C)(C)C)cc3C6(C)CCC5(C)C)c3sc4ccccc4c32)c(C2=CCCC=C2)c1. The molecule has 4 heteroatoms. The third kappa shape index (κ3) is 5.52. The van der Waals surface area contributed by atoms with Crippen LogP contribution in [0.1, 0.15) is 148 Å². The lowest BCUT2D eigenvalue weighted by molar-refractivity contribution is 0.348. The lowest BCUT2D eigenvalue weighted by Crippen LogP contribution is -2.62. The molecule has 0 spiro atoms. The number of anilines is 6. The molecule has 0 radical (unpaired) electrons. The van der Waals surface area contributed by atoms with Crippen LogP contribution in [0.4, 0.5) is 34.1 Å². The molecule has 2 nitrogen and oxygen atoms in total. The summed E-state index contributed by atoms with van der Waals surface area (Å²) < 4.78 is 2.81. The Labute approximate surface area is 369 Å². The van der Waals surface area contributed by atoms with E-state index in [0.29, 0.717) is 0 Å². The molecule has 5 aromatic carbocycles. The van der Waals surface area contributed by atoms with E-state index < -0.39 is 0 Å². The molecule has 2 aliphatic carbocycles. The molecular weight excluding hydrogens is 756 g/mol. The van der Waals surface area contributed by atoms with Crippen molar-refractivity contribution in [1.29, 1.82) is 0 Å². The Morgan fingerprint density at radius 1 is 0.607 bits per heavy atom. The summed E-state index contributed by atoms with van der Waals surface area (Å²) >= 11 is 2.02. The van der Waals surface area contributed by atoms with Gasteiger partial charge in [-0.3, -0.25) is 0 Å². The Hall–Kier alpha value is -4.80. The summed E-state index contributed by atoms with van der Waals surface area (Å²) in [6, 6.07) is 34.4. The minimum Gasteiger partial charge on any atom is -0.311 e. The lowest BCUT2D eigenvalue weighted by Gasteiger charge is -2.54. The highest BCUT2D eigenvalue weighted by Gasteiger charge is 2.54. The van der Waals surface area contributed by atoms with E-state index in [4.69, 9.17) is 0 Å². The monoisotopic (exact) mass is 816 g/mol. The maximum atomic E-state index is 2.76. The van der Waals surface area contributed by atoms with Crippen molar-refractivity contribution >= 4 is 83.5 Å². The number of thiophene rings is 1. The van der Waals surface area contributed by atoms with E-state index >= 15 is 0 Å². The quantitative estimate of drug-likeness (QED) is 0.160. The van der Waals surface area contributed by atoms with E-state index in [1.54, 1.807) is 5.56 Å². The summed E-state index contributed by atoms with van der Waals surface area (Å²) in [7, 11) is 0. The number of allylic oxidation sites excluding steroid dienone is 4. The third-order valence-corrected chi connectivity index (χ3v) is 16.5. The molecular formula is C57H61BN2S. The molecule has 61 heavy (non-hydrogen) atoms. The second-order valence-corrected chi connectivity index (χ2v) is 23.9. The smallest absolute Gasteiger partial charge is 0.264 e. The fourth-order valence-corrected chi connectivity index (χ4v) is 12.9. The van der Waals surface area contributed by atoms with E-state index in [1.165, 1.54) is 105 Å². The highest BCUT2D eigenvalue weighted by molar-refractivity contribution is 7.33. The van der Waals surface area contributed by atoms with Crippen LogP contribution in [-0.4, -0.2) is 6.71 Å². The van der Waals surface area contributed by atoms with Crippen LogP contribution in [0, 0.1) is 0 Å². The molecule has 4 heterocycles.